The molecule has 214 valence electrons. The average Bonchev–Trinajstić information content (AvgIpc) is 3.00. The number of ether oxygens (including phenoxy) is 3. The zero-order valence-electron chi connectivity index (χ0n) is 22.9. The maximum Gasteiger partial charge on any atom is 0.418 e. The van der Waals surface area contributed by atoms with E-state index in [1.54, 1.807) is 24.4 Å². The molecule has 0 radical (unpaired) electrons. The summed E-state index contributed by atoms with van der Waals surface area (Å²) < 4.78 is 57.4. The van der Waals surface area contributed by atoms with Crippen LogP contribution in [0.4, 0.5) is 13.2 Å². The molecule has 0 aliphatic rings. The number of aromatic nitrogens is 1. The number of esters is 1. The molecule has 0 spiro atoms. The Hall–Kier alpha value is -4.85. The average molecular weight is 572 g/mol. The van der Waals surface area contributed by atoms with Crippen LogP contribution in [0.2, 0.25) is 0 Å². The van der Waals surface area contributed by atoms with E-state index in [9.17, 15) is 18.0 Å². The van der Waals surface area contributed by atoms with Crippen LogP contribution in [0.15, 0.2) is 103 Å². The molecule has 4 aromatic carbocycles. The van der Waals surface area contributed by atoms with Gasteiger partial charge in [0.25, 0.3) is 0 Å². The highest BCUT2D eigenvalue weighted by molar-refractivity contribution is 5.86. The zero-order chi connectivity index (χ0) is 29.5. The van der Waals surface area contributed by atoms with Crippen LogP contribution in [0.25, 0.3) is 10.9 Å². The van der Waals surface area contributed by atoms with Crippen molar-refractivity contribution in [2.24, 2.45) is 0 Å². The minimum Gasteiger partial charge on any atom is -0.489 e. The summed E-state index contributed by atoms with van der Waals surface area (Å²) in [5.74, 6) is 0.711. The van der Waals surface area contributed by atoms with E-state index >= 15 is 0 Å². The number of fused-ring (bicyclic) bond motifs is 1. The lowest BCUT2D eigenvalue weighted by Gasteiger charge is -2.17. The Kier molecular flexibility index (Phi) is 8.71. The lowest BCUT2D eigenvalue weighted by atomic mass is 9.92. The third-order valence-corrected chi connectivity index (χ3v) is 6.83. The standard InChI is InChI=1S/C34H28F3NO4/c1-40-32(39)22-42-27-15-13-24(14-16-27)21-41-28-10-5-9-25(18-28)19-30-26(17-23-7-3-2-4-8-23)20-38-33-29(30)11-6-12-31(33)34(35,36)37/h2-16,18,20H,17,19,21-22H2,1H3. The largest absolute Gasteiger partial charge is 0.489 e. The second kappa shape index (κ2) is 12.8. The Morgan fingerprint density at radius 3 is 2.24 bits per heavy atom. The molecule has 0 amide bonds. The predicted octanol–water partition coefficient (Wildman–Crippen LogP) is 7.57. The van der Waals surface area contributed by atoms with Gasteiger partial charge >= 0.3 is 12.1 Å². The van der Waals surface area contributed by atoms with Crippen LogP contribution < -0.4 is 9.47 Å². The van der Waals surface area contributed by atoms with Gasteiger partial charge < -0.3 is 14.2 Å². The number of halogens is 3. The van der Waals surface area contributed by atoms with Gasteiger partial charge in [0.1, 0.15) is 18.1 Å². The van der Waals surface area contributed by atoms with E-state index in [0.29, 0.717) is 36.3 Å². The fourth-order valence-corrected chi connectivity index (χ4v) is 4.72. The smallest absolute Gasteiger partial charge is 0.418 e. The first-order chi connectivity index (χ1) is 20.3. The molecule has 0 bridgehead atoms. The number of methoxy groups -OCH3 is 1. The van der Waals surface area contributed by atoms with Crippen LogP contribution in [0, 0.1) is 0 Å². The number of rotatable bonds is 10. The normalized spacial score (nSPS) is 11.3. The third kappa shape index (κ3) is 7.07. The molecule has 0 saturated heterocycles. The number of para-hydroxylation sites is 1. The van der Waals surface area contributed by atoms with E-state index in [1.165, 1.54) is 13.2 Å². The molecule has 0 aliphatic heterocycles. The number of hydrogen-bond acceptors (Lipinski definition) is 5. The Morgan fingerprint density at radius 1 is 0.762 bits per heavy atom. The SMILES string of the molecule is COC(=O)COc1ccc(COc2cccc(Cc3c(Cc4ccccc4)cnc4c(C(F)(F)F)cccc34)c2)cc1. The number of alkyl halides is 3. The number of pyridine rings is 1. The van der Waals surface area contributed by atoms with Crippen molar-refractivity contribution >= 4 is 16.9 Å². The summed E-state index contributed by atoms with van der Waals surface area (Å²) >= 11 is 0. The van der Waals surface area contributed by atoms with Crippen LogP contribution >= 0.6 is 0 Å². The van der Waals surface area contributed by atoms with Crippen LogP contribution in [-0.2, 0) is 35.2 Å². The minimum atomic E-state index is -4.51. The van der Waals surface area contributed by atoms with Crippen LogP contribution in [-0.4, -0.2) is 24.7 Å². The van der Waals surface area contributed by atoms with E-state index in [2.05, 4.69) is 9.72 Å². The van der Waals surface area contributed by atoms with E-state index in [1.807, 2.05) is 66.7 Å². The van der Waals surface area contributed by atoms with Crippen LogP contribution in [0.1, 0.15) is 33.4 Å². The molecule has 0 fully saturated rings. The molecule has 5 nitrogen and oxygen atoms in total. The molecular weight excluding hydrogens is 543 g/mol. The van der Waals surface area contributed by atoms with Gasteiger partial charge in [0.15, 0.2) is 6.61 Å². The van der Waals surface area contributed by atoms with Gasteiger partial charge in [-0.2, -0.15) is 13.2 Å². The van der Waals surface area contributed by atoms with Crippen molar-refractivity contribution in [1.29, 1.82) is 0 Å². The summed E-state index contributed by atoms with van der Waals surface area (Å²) in [7, 11) is 1.30. The van der Waals surface area contributed by atoms with Gasteiger partial charge in [-0.3, -0.25) is 4.98 Å². The first kappa shape index (κ1) is 28.7. The summed E-state index contributed by atoms with van der Waals surface area (Å²) in [4.78, 5) is 15.5. The molecule has 5 rings (SSSR count). The Bertz CT molecular complexity index is 1670. The molecule has 0 N–H and O–H groups in total. The van der Waals surface area contributed by atoms with Gasteiger partial charge in [-0.1, -0.05) is 66.7 Å². The second-order valence-electron chi connectivity index (χ2n) is 9.75. The quantitative estimate of drug-likeness (QED) is 0.162. The summed E-state index contributed by atoms with van der Waals surface area (Å²) in [6.45, 7) is 0.129. The summed E-state index contributed by atoms with van der Waals surface area (Å²) in [6.07, 6.45) is -1.99. The summed E-state index contributed by atoms with van der Waals surface area (Å²) in [5.41, 5.74) is 3.72. The molecule has 0 aliphatic carbocycles. The minimum absolute atomic E-state index is 0.0526. The molecule has 1 aromatic heterocycles. The predicted molar refractivity (Wildman–Crippen MR) is 154 cm³/mol. The van der Waals surface area contributed by atoms with E-state index in [-0.39, 0.29) is 12.1 Å². The highest BCUT2D eigenvalue weighted by atomic mass is 19.4. The van der Waals surface area contributed by atoms with Crippen molar-refractivity contribution in [3.05, 3.63) is 137 Å². The number of hydrogen-bond donors (Lipinski definition) is 0. The van der Waals surface area contributed by atoms with Crippen molar-refractivity contribution in [2.45, 2.75) is 25.6 Å². The number of carbonyl (C=O) groups is 1. The number of nitrogens with zero attached hydrogens (tertiary/aromatic N) is 1. The first-order valence-corrected chi connectivity index (χ1v) is 13.3. The Labute approximate surface area is 241 Å². The van der Waals surface area contributed by atoms with Crippen molar-refractivity contribution < 1.29 is 32.2 Å². The number of carbonyl (C=O) groups excluding carboxylic acids is 1. The maximum absolute atomic E-state index is 13.8. The molecular formula is C34H28F3NO4. The van der Waals surface area contributed by atoms with E-state index < -0.39 is 17.7 Å². The fourth-order valence-electron chi connectivity index (χ4n) is 4.72. The zero-order valence-corrected chi connectivity index (χ0v) is 22.9. The van der Waals surface area contributed by atoms with Crippen LogP contribution in [0.5, 0.6) is 11.5 Å². The van der Waals surface area contributed by atoms with Gasteiger partial charge in [-0.05, 0) is 71.0 Å². The molecule has 1 heterocycles. The third-order valence-electron chi connectivity index (χ3n) is 6.83. The first-order valence-electron chi connectivity index (χ1n) is 13.3. The van der Waals surface area contributed by atoms with Gasteiger partial charge in [-0.15, -0.1) is 0 Å². The maximum atomic E-state index is 13.8. The van der Waals surface area contributed by atoms with Crippen molar-refractivity contribution in [1.82, 2.24) is 4.98 Å². The van der Waals surface area contributed by atoms with E-state index in [0.717, 1.165) is 33.9 Å². The highest BCUT2D eigenvalue weighted by Crippen LogP contribution is 2.36. The van der Waals surface area contributed by atoms with Crippen molar-refractivity contribution in [3.8, 4) is 11.5 Å². The Morgan fingerprint density at radius 2 is 1.50 bits per heavy atom. The van der Waals surface area contributed by atoms with Crippen molar-refractivity contribution in [3.63, 3.8) is 0 Å². The highest BCUT2D eigenvalue weighted by Gasteiger charge is 2.33. The lowest BCUT2D eigenvalue weighted by molar-refractivity contribution is -0.143. The molecule has 8 heteroatoms. The fraction of sp³-hybridized carbons (Fsp3) is 0.176. The summed E-state index contributed by atoms with van der Waals surface area (Å²) in [6, 6.07) is 28.7. The Balaban J connectivity index is 1.38. The van der Waals surface area contributed by atoms with Gasteiger partial charge in [0, 0.05) is 11.6 Å². The summed E-state index contributed by atoms with van der Waals surface area (Å²) in [5, 5.41) is 0.485. The molecule has 0 atom stereocenters. The monoisotopic (exact) mass is 571 g/mol. The van der Waals surface area contributed by atoms with Gasteiger partial charge in [0.2, 0.25) is 0 Å². The van der Waals surface area contributed by atoms with Crippen molar-refractivity contribution in [2.75, 3.05) is 13.7 Å². The second-order valence-corrected chi connectivity index (χ2v) is 9.75. The molecule has 42 heavy (non-hydrogen) atoms. The van der Waals surface area contributed by atoms with Crippen LogP contribution in [0.3, 0.4) is 0 Å². The lowest BCUT2D eigenvalue weighted by Crippen LogP contribution is -2.12. The van der Waals surface area contributed by atoms with Gasteiger partial charge in [-0.25, -0.2) is 4.79 Å². The molecule has 5 aromatic rings. The van der Waals surface area contributed by atoms with Gasteiger partial charge in [0.05, 0.1) is 18.2 Å². The van der Waals surface area contributed by atoms with E-state index in [4.69, 9.17) is 9.47 Å². The topological polar surface area (TPSA) is 57.7 Å². The molecule has 0 saturated carbocycles. The number of benzene rings is 4. The molecule has 0 unspecified atom stereocenters.